The van der Waals surface area contributed by atoms with Gasteiger partial charge in [0.05, 0.1) is 44.6 Å². The van der Waals surface area contributed by atoms with Gasteiger partial charge < -0.3 is 8.98 Å². The zero-order valence-corrected chi connectivity index (χ0v) is 33.4. The van der Waals surface area contributed by atoms with Crippen molar-refractivity contribution in [1.29, 1.82) is 0 Å². The number of alkyl halides is 6. The van der Waals surface area contributed by atoms with E-state index in [1.54, 1.807) is 24.3 Å². The number of benzene rings is 8. The summed E-state index contributed by atoms with van der Waals surface area (Å²) in [7, 11) is 0. The van der Waals surface area contributed by atoms with Crippen molar-refractivity contribution in [3.05, 3.63) is 199 Å². The lowest BCUT2D eigenvalue weighted by Gasteiger charge is -2.22. The number of hydrogen-bond donors (Lipinski definition) is 0. The second kappa shape index (κ2) is 14.8. The van der Waals surface area contributed by atoms with Crippen LogP contribution in [0.2, 0.25) is 0 Å². The molecule has 0 saturated heterocycles. The molecule has 0 bridgehead atoms. The summed E-state index contributed by atoms with van der Waals surface area (Å²) in [6.45, 7) is 0. The summed E-state index contributed by atoms with van der Waals surface area (Å²) in [5.74, 6) is 0.222. The summed E-state index contributed by atoms with van der Waals surface area (Å²) < 4.78 is 96.2. The summed E-state index contributed by atoms with van der Waals surface area (Å²) in [5, 5.41) is 3.29. The van der Waals surface area contributed by atoms with Gasteiger partial charge in [0.2, 0.25) is 0 Å². The number of aromatic nitrogens is 3. The van der Waals surface area contributed by atoms with E-state index in [9.17, 15) is 26.3 Å². The number of hydrogen-bond acceptors (Lipinski definition) is 3. The van der Waals surface area contributed by atoms with Crippen molar-refractivity contribution in [2.45, 2.75) is 12.4 Å². The fourth-order valence-electron chi connectivity index (χ4n) is 8.74. The van der Waals surface area contributed by atoms with Crippen LogP contribution >= 0.6 is 0 Å². The van der Waals surface area contributed by atoms with Gasteiger partial charge in [-0.15, -0.1) is 0 Å². The molecule has 0 unspecified atom stereocenters. The number of nitrogens with zero attached hydrogens (tertiary/aromatic N) is 3. The van der Waals surface area contributed by atoms with E-state index >= 15 is 0 Å². The van der Waals surface area contributed by atoms with Crippen molar-refractivity contribution in [2.75, 3.05) is 0 Å². The molecule has 0 saturated carbocycles. The average Bonchev–Trinajstić information content (AvgIpc) is 3.87. The maximum atomic E-state index is 14.6. The molecule has 0 spiro atoms. The number of halogens is 6. The van der Waals surface area contributed by atoms with Gasteiger partial charge in [-0.3, -0.25) is 0 Å². The first-order valence-electron chi connectivity index (χ1n) is 20.4. The van der Waals surface area contributed by atoms with Crippen molar-refractivity contribution >= 4 is 43.7 Å². The van der Waals surface area contributed by atoms with Crippen molar-refractivity contribution in [2.24, 2.45) is 0 Å². The predicted molar refractivity (Wildman–Crippen MR) is 241 cm³/mol. The van der Waals surface area contributed by atoms with E-state index in [2.05, 4.69) is 0 Å². The normalized spacial score (nSPS) is 12.2. The standard InChI is InChI=1S/C54H31F6N3O/c55-53(56,57)37-19-11-17-34(27-37)42-29-36(52-61-44(32-13-3-1-4-14-32)31-45(62-52)33-15-5-2-6-16-33)30-43(35-18-12-20-38(28-35)54(58,59)60)50(42)63-46-23-9-7-22-41(46)49-47(63)26-25-40-39-21-8-10-24-48(39)64-51(40)49/h1-31H. The average molecular weight is 852 g/mol. The highest BCUT2D eigenvalue weighted by Crippen LogP contribution is 2.47. The SMILES string of the molecule is FC(F)(F)c1cccc(-c2cc(-c3nc(-c4ccccc4)cc(-c4ccccc4)n3)cc(-c3cccc(C(F)(F)F)c3)c2-n2c3ccccc3c3c4oc5ccccc5c4ccc32)c1. The lowest BCUT2D eigenvalue weighted by atomic mass is 9.91. The topological polar surface area (TPSA) is 43.9 Å². The minimum absolute atomic E-state index is 0.179. The van der Waals surface area contributed by atoms with Crippen LogP contribution in [0.25, 0.3) is 106 Å². The second-order valence-electron chi connectivity index (χ2n) is 15.6. The number of fused-ring (bicyclic) bond motifs is 7. The Balaban J connectivity index is 1.30. The van der Waals surface area contributed by atoms with Crippen molar-refractivity contribution in [3.63, 3.8) is 0 Å². The van der Waals surface area contributed by atoms with Crippen LogP contribution in [0.4, 0.5) is 26.3 Å². The molecule has 3 aromatic heterocycles. The fourth-order valence-corrected chi connectivity index (χ4v) is 8.74. The van der Waals surface area contributed by atoms with Crippen molar-refractivity contribution < 1.29 is 30.8 Å². The number of rotatable bonds is 6. The Kier molecular flexibility index (Phi) is 9.02. The van der Waals surface area contributed by atoms with Gasteiger partial charge in [0.1, 0.15) is 11.2 Å². The van der Waals surface area contributed by atoms with Gasteiger partial charge in [0.15, 0.2) is 5.82 Å². The first kappa shape index (κ1) is 38.9. The second-order valence-corrected chi connectivity index (χ2v) is 15.6. The van der Waals surface area contributed by atoms with Gasteiger partial charge in [-0.2, -0.15) is 26.3 Å². The third kappa shape index (κ3) is 6.66. The minimum Gasteiger partial charge on any atom is -0.455 e. The highest BCUT2D eigenvalue weighted by Gasteiger charge is 2.33. The molecule has 0 fully saturated rings. The number of furan rings is 1. The van der Waals surface area contributed by atoms with Crippen LogP contribution in [0.5, 0.6) is 0 Å². The molecule has 3 heterocycles. The zero-order valence-electron chi connectivity index (χ0n) is 33.4. The van der Waals surface area contributed by atoms with Crippen LogP contribution in [-0.2, 0) is 12.4 Å². The molecule has 4 nitrogen and oxygen atoms in total. The summed E-state index contributed by atoms with van der Waals surface area (Å²) in [5.41, 5.74) is 5.22. The lowest BCUT2D eigenvalue weighted by molar-refractivity contribution is -0.138. The molecule has 0 atom stereocenters. The van der Waals surface area contributed by atoms with E-state index in [1.165, 1.54) is 12.1 Å². The molecule has 0 radical (unpaired) electrons. The Morgan fingerprint density at radius 2 is 0.922 bits per heavy atom. The molecule has 64 heavy (non-hydrogen) atoms. The number of para-hydroxylation sites is 2. The molecule has 11 aromatic rings. The van der Waals surface area contributed by atoms with E-state index in [1.807, 2.05) is 132 Å². The Hall–Kier alpha value is -7.98. The van der Waals surface area contributed by atoms with Crippen LogP contribution in [0.1, 0.15) is 11.1 Å². The lowest BCUT2D eigenvalue weighted by Crippen LogP contribution is -2.07. The molecule has 10 heteroatoms. The third-order valence-corrected chi connectivity index (χ3v) is 11.6. The van der Waals surface area contributed by atoms with Crippen molar-refractivity contribution in [1.82, 2.24) is 14.5 Å². The van der Waals surface area contributed by atoms with E-state index in [4.69, 9.17) is 14.4 Å². The largest absolute Gasteiger partial charge is 0.455 e. The Morgan fingerprint density at radius 3 is 1.50 bits per heavy atom. The maximum absolute atomic E-state index is 14.6. The molecule has 0 aliphatic heterocycles. The van der Waals surface area contributed by atoms with E-state index in [0.29, 0.717) is 56.0 Å². The quantitative estimate of drug-likeness (QED) is 0.157. The maximum Gasteiger partial charge on any atom is 0.416 e. The Labute approximate surface area is 361 Å². The first-order chi connectivity index (χ1) is 31.0. The Bertz CT molecular complexity index is 3450. The molecule has 11 rings (SSSR count). The Morgan fingerprint density at radius 1 is 0.406 bits per heavy atom. The smallest absolute Gasteiger partial charge is 0.416 e. The molecule has 0 N–H and O–H groups in total. The van der Waals surface area contributed by atoms with Gasteiger partial charge in [0.25, 0.3) is 0 Å². The molecule has 310 valence electrons. The van der Waals surface area contributed by atoms with Gasteiger partial charge in [0, 0.05) is 44.0 Å². The van der Waals surface area contributed by atoms with Gasteiger partial charge in [-0.25, -0.2) is 9.97 Å². The van der Waals surface area contributed by atoms with Crippen LogP contribution in [0.3, 0.4) is 0 Å². The predicted octanol–water partition coefficient (Wildman–Crippen LogP) is 15.8. The van der Waals surface area contributed by atoms with Crippen molar-refractivity contribution in [3.8, 4) is 61.8 Å². The molecule has 8 aromatic carbocycles. The van der Waals surface area contributed by atoms with Gasteiger partial charge in [-0.1, -0.05) is 121 Å². The summed E-state index contributed by atoms with van der Waals surface area (Å²) in [6.07, 6.45) is -9.40. The van der Waals surface area contributed by atoms with Crippen LogP contribution in [-0.4, -0.2) is 14.5 Å². The highest BCUT2D eigenvalue weighted by atomic mass is 19.4. The monoisotopic (exact) mass is 851 g/mol. The molecule has 0 aliphatic rings. The molecular weight excluding hydrogens is 821 g/mol. The van der Waals surface area contributed by atoms with Crippen LogP contribution < -0.4 is 0 Å². The summed E-state index contributed by atoms with van der Waals surface area (Å²) in [4.78, 5) is 10.1. The molecular formula is C54H31F6N3O. The van der Waals surface area contributed by atoms with E-state index in [0.717, 1.165) is 56.9 Å². The van der Waals surface area contributed by atoms with Crippen LogP contribution in [0, 0.1) is 0 Å². The zero-order chi connectivity index (χ0) is 43.7. The van der Waals surface area contributed by atoms with E-state index in [-0.39, 0.29) is 17.0 Å². The molecule has 0 amide bonds. The highest BCUT2D eigenvalue weighted by molar-refractivity contribution is 6.24. The summed E-state index contributed by atoms with van der Waals surface area (Å²) >= 11 is 0. The van der Waals surface area contributed by atoms with Gasteiger partial charge in [-0.05, 0) is 77.9 Å². The van der Waals surface area contributed by atoms with Gasteiger partial charge >= 0.3 is 12.4 Å². The van der Waals surface area contributed by atoms with Crippen LogP contribution in [0.15, 0.2) is 192 Å². The minimum atomic E-state index is -4.70. The fraction of sp³-hybridized carbons (Fsp3) is 0.0370. The third-order valence-electron chi connectivity index (χ3n) is 11.6. The molecule has 0 aliphatic carbocycles. The summed E-state index contributed by atoms with van der Waals surface area (Å²) in [6, 6.07) is 53.4. The van der Waals surface area contributed by atoms with E-state index < -0.39 is 23.5 Å². The first-order valence-corrected chi connectivity index (χ1v) is 20.4.